The summed E-state index contributed by atoms with van der Waals surface area (Å²) in [5, 5.41) is 22.7. The molecule has 11 heteroatoms. The number of amides is 1. The number of oxime groups is 1. The quantitative estimate of drug-likeness (QED) is 0.723. The maximum Gasteiger partial charge on any atom is 0.407 e. The highest BCUT2D eigenvalue weighted by Crippen LogP contribution is 2.27. The number of aliphatic hydroxyl groups is 1. The van der Waals surface area contributed by atoms with Crippen molar-refractivity contribution in [3.63, 3.8) is 0 Å². The maximum absolute atomic E-state index is 10.9. The molecule has 9 nitrogen and oxygen atoms in total. The molecular formula is C16H21Cl2N5O4. The Labute approximate surface area is 166 Å². The largest absolute Gasteiger partial charge is 0.465 e. The lowest BCUT2D eigenvalue weighted by Gasteiger charge is -2.30. The van der Waals surface area contributed by atoms with E-state index in [0.29, 0.717) is 57.7 Å². The zero-order valence-electron chi connectivity index (χ0n) is 14.6. The van der Waals surface area contributed by atoms with Crippen LogP contribution in [0.4, 0.5) is 10.6 Å². The van der Waals surface area contributed by atoms with Crippen LogP contribution in [0.5, 0.6) is 0 Å². The van der Waals surface area contributed by atoms with Gasteiger partial charge in [-0.1, -0.05) is 28.4 Å². The van der Waals surface area contributed by atoms with Crippen LogP contribution in [-0.4, -0.2) is 69.2 Å². The van der Waals surface area contributed by atoms with Gasteiger partial charge in [-0.2, -0.15) is 0 Å². The number of likely N-dealkylation sites (tertiary alicyclic amines) is 1. The SMILES string of the molecule is O=C(O)N1CCC(ON=C2CCN(c3nc(Cl)c(CO)nc3Cl)CC2)CC1. The van der Waals surface area contributed by atoms with Gasteiger partial charge in [0.05, 0.1) is 12.3 Å². The Balaban J connectivity index is 1.51. The summed E-state index contributed by atoms with van der Waals surface area (Å²) in [5.41, 5.74) is 1.21. The third-order valence-corrected chi connectivity index (χ3v) is 5.25. The van der Waals surface area contributed by atoms with Crippen LogP contribution in [0, 0.1) is 0 Å². The second kappa shape index (κ2) is 8.90. The van der Waals surface area contributed by atoms with Crippen molar-refractivity contribution in [2.24, 2.45) is 5.16 Å². The maximum atomic E-state index is 10.9. The molecule has 2 aliphatic rings. The number of hydrogen-bond acceptors (Lipinski definition) is 7. The van der Waals surface area contributed by atoms with Gasteiger partial charge in [-0.25, -0.2) is 14.8 Å². The van der Waals surface area contributed by atoms with Crippen molar-refractivity contribution in [3.05, 3.63) is 16.0 Å². The highest BCUT2D eigenvalue weighted by atomic mass is 35.5. The van der Waals surface area contributed by atoms with E-state index in [4.69, 9.17) is 38.3 Å². The van der Waals surface area contributed by atoms with Gasteiger partial charge in [0.15, 0.2) is 16.1 Å². The molecule has 148 valence electrons. The van der Waals surface area contributed by atoms with Crippen molar-refractivity contribution in [3.8, 4) is 0 Å². The first-order valence-electron chi connectivity index (χ1n) is 8.75. The molecule has 0 saturated carbocycles. The summed E-state index contributed by atoms with van der Waals surface area (Å²) >= 11 is 12.2. The summed E-state index contributed by atoms with van der Waals surface area (Å²) in [6.07, 6.45) is 1.76. The smallest absolute Gasteiger partial charge is 0.407 e. The zero-order chi connectivity index (χ0) is 19.4. The molecule has 27 heavy (non-hydrogen) atoms. The van der Waals surface area contributed by atoms with Crippen molar-refractivity contribution in [1.82, 2.24) is 14.9 Å². The van der Waals surface area contributed by atoms with Crippen LogP contribution in [0.15, 0.2) is 5.16 Å². The number of hydrogen-bond donors (Lipinski definition) is 2. The Morgan fingerprint density at radius 2 is 1.81 bits per heavy atom. The fourth-order valence-electron chi connectivity index (χ4n) is 3.09. The van der Waals surface area contributed by atoms with Crippen LogP contribution in [0.2, 0.25) is 10.3 Å². The molecule has 0 unspecified atom stereocenters. The van der Waals surface area contributed by atoms with E-state index in [0.717, 1.165) is 5.71 Å². The predicted molar refractivity (Wildman–Crippen MR) is 101 cm³/mol. The van der Waals surface area contributed by atoms with Crippen LogP contribution < -0.4 is 4.90 Å². The summed E-state index contributed by atoms with van der Waals surface area (Å²) in [5.74, 6) is 0.500. The summed E-state index contributed by atoms with van der Waals surface area (Å²) in [4.78, 5) is 28.2. The van der Waals surface area contributed by atoms with Gasteiger partial charge in [0.25, 0.3) is 0 Å². The van der Waals surface area contributed by atoms with E-state index in [1.165, 1.54) is 4.90 Å². The Bertz CT molecular complexity index is 715. The molecule has 0 radical (unpaired) electrons. The molecule has 3 rings (SSSR count). The monoisotopic (exact) mass is 417 g/mol. The second-order valence-electron chi connectivity index (χ2n) is 6.45. The number of piperidine rings is 2. The standard InChI is InChI=1S/C16H21Cl2N5O4/c17-13-12(9-24)19-14(18)15(20-13)22-5-1-10(2-6-22)21-27-11-3-7-23(8-4-11)16(25)26/h11,24H,1-9H2,(H,25,26). The van der Waals surface area contributed by atoms with Gasteiger partial charge in [0.2, 0.25) is 0 Å². The van der Waals surface area contributed by atoms with Crippen molar-refractivity contribution in [2.45, 2.75) is 38.4 Å². The molecule has 1 amide bonds. The lowest BCUT2D eigenvalue weighted by atomic mass is 10.1. The number of aliphatic hydroxyl groups excluding tert-OH is 1. The Kier molecular flexibility index (Phi) is 6.56. The molecule has 2 fully saturated rings. The lowest BCUT2D eigenvalue weighted by molar-refractivity contribution is 0.0127. The molecular weight excluding hydrogens is 397 g/mol. The third-order valence-electron chi connectivity index (χ3n) is 4.69. The van der Waals surface area contributed by atoms with Crippen molar-refractivity contribution in [1.29, 1.82) is 0 Å². The van der Waals surface area contributed by atoms with Crippen LogP contribution in [0.1, 0.15) is 31.4 Å². The van der Waals surface area contributed by atoms with E-state index in [-0.39, 0.29) is 28.7 Å². The lowest BCUT2D eigenvalue weighted by Crippen LogP contribution is -2.40. The van der Waals surface area contributed by atoms with E-state index in [2.05, 4.69) is 15.1 Å². The molecule has 3 heterocycles. The van der Waals surface area contributed by atoms with Crippen LogP contribution in [0.25, 0.3) is 0 Å². The molecule has 2 aliphatic heterocycles. The second-order valence-corrected chi connectivity index (χ2v) is 7.17. The average Bonchev–Trinajstić information content (AvgIpc) is 2.68. The van der Waals surface area contributed by atoms with Gasteiger partial charge in [-0.3, -0.25) is 0 Å². The van der Waals surface area contributed by atoms with Crippen molar-refractivity contribution in [2.75, 3.05) is 31.1 Å². The normalized spacial score (nSPS) is 18.6. The highest BCUT2D eigenvalue weighted by Gasteiger charge is 2.25. The first kappa shape index (κ1) is 19.9. The molecule has 1 aromatic rings. The molecule has 0 aromatic carbocycles. The summed E-state index contributed by atoms with van der Waals surface area (Å²) in [6.45, 7) is 1.94. The van der Waals surface area contributed by atoms with E-state index >= 15 is 0 Å². The molecule has 0 atom stereocenters. The minimum atomic E-state index is -0.888. The summed E-state index contributed by atoms with van der Waals surface area (Å²) in [7, 11) is 0. The highest BCUT2D eigenvalue weighted by molar-refractivity contribution is 6.33. The number of nitrogens with zero attached hydrogens (tertiary/aromatic N) is 5. The van der Waals surface area contributed by atoms with Gasteiger partial charge < -0.3 is 24.9 Å². The summed E-state index contributed by atoms with van der Waals surface area (Å²) < 4.78 is 0. The van der Waals surface area contributed by atoms with Crippen molar-refractivity contribution < 1.29 is 19.8 Å². The van der Waals surface area contributed by atoms with Gasteiger partial charge >= 0.3 is 6.09 Å². The van der Waals surface area contributed by atoms with E-state index in [9.17, 15) is 4.79 Å². The van der Waals surface area contributed by atoms with E-state index in [1.54, 1.807) is 0 Å². The van der Waals surface area contributed by atoms with Gasteiger partial charge in [-0.05, 0) is 0 Å². The minimum absolute atomic E-state index is 0.0451. The molecule has 1 aromatic heterocycles. The number of halogens is 2. The van der Waals surface area contributed by atoms with Crippen LogP contribution in [-0.2, 0) is 11.4 Å². The number of aromatic nitrogens is 2. The number of anilines is 1. The van der Waals surface area contributed by atoms with Gasteiger partial charge in [0.1, 0.15) is 11.8 Å². The molecule has 0 spiro atoms. The molecule has 2 N–H and O–H groups in total. The number of carbonyl (C=O) groups is 1. The zero-order valence-corrected chi connectivity index (χ0v) is 16.2. The van der Waals surface area contributed by atoms with Gasteiger partial charge in [-0.15, -0.1) is 0 Å². The summed E-state index contributed by atoms with van der Waals surface area (Å²) in [6, 6.07) is 0. The van der Waals surface area contributed by atoms with Crippen molar-refractivity contribution >= 4 is 40.8 Å². The van der Waals surface area contributed by atoms with Crippen LogP contribution in [0.3, 0.4) is 0 Å². The molecule has 0 bridgehead atoms. The number of carboxylic acid groups (broad SMARTS) is 1. The average molecular weight is 418 g/mol. The van der Waals surface area contributed by atoms with E-state index < -0.39 is 6.09 Å². The Hall–Kier alpha value is -1.84. The van der Waals surface area contributed by atoms with Gasteiger partial charge in [0, 0.05) is 51.9 Å². The predicted octanol–water partition coefficient (Wildman–Crippen LogP) is 2.39. The fraction of sp³-hybridized carbons (Fsp3) is 0.625. The fourth-order valence-corrected chi connectivity index (χ4v) is 3.54. The first-order chi connectivity index (χ1) is 13.0. The molecule has 0 aliphatic carbocycles. The minimum Gasteiger partial charge on any atom is -0.465 e. The van der Waals surface area contributed by atoms with E-state index in [1.807, 2.05) is 4.90 Å². The Morgan fingerprint density at radius 3 is 2.41 bits per heavy atom. The first-order valence-corrected chi connectivity index (χ1v) is 9.50. The molecule has 2 saturated heterocycles. The third kappa shape index (κ3) is 4.91. The number of rotatable bonds is 4. The Morgan fingerprint density at radius 1 is 1.15 bits per heavy atom. The topological polar surface area (TPSA) is 111 Å². The van der Waals surface area contributed by atoms with Crippen LogP contribution >= 0.6 is 23.2 Å².